The third-order valence-corrected chi connectivity index (χ3v) is 6.59. The maximum Gasteiger partial charge on any atom is 0.303 e. The van der Waals surface area contributed by atoms with Crippen LogP contribution in [0.3, 0.4) is 0 Å². The van der Waals surface area contributed by atoms with E-state index in [1.165, 1.54) is 11.7 Å². The molecule has 1 aliphatic rings. The molecule has 1 heterocycles. The lowest BCUT2D eigenvalue weighted by Crippen LogP contribution is -2.35. The lowest BCUT2D eigenvalue weighted by molar-refractivity contribution is 0.00707. The van der Waals surface area contributed by atoms with Gasteiger partial charge in [-0.15, -0.1) is 0 Å². The number of benzene rings is 2. The molecule has 0 bridgehead atoms. The summed E-state index contributed by atoms with van der Waals surface area (Å²) in [7, 11) is -2.70. The summed E-state index contributed by atoms with van der Waals surface area (Å²) in [5.41, 5.74) is 0.506. The van der Waals surface area contributed by atoms with Gasteiger partial charge in [-0.2, -0.15) is 18.1 Å². The second-order valence-corrected chi connectivity index (χ2v) is 10.8. The van der Waals surface area contributed by atoms with E-state index in [1.54, 1.807) is 48.5 Å². The topological polar surface area (TPSA) is 93.5 Å². The summed E-state index contributed by atoms with van der Waals surface area (Å²) < 4.78 is 50.7. The van der Waals surface area contributed by atoms with Crippen molar-refractivity contribution >= 4 is 21.3 Å². The molecule has 2 atom stereocenters. The molecule has 3 aromatic rings. The maximum absolute atomic E-state index is 13.9. The zero-order valence-corrected chi connectivity index (χ0v) is 20.6. The summed E-state index contributed by atoms with van der Waals surface area (Å²) in [4.78, 5) is 20.7. The summed E-state index contributed by atoms with van der Waals surface area (Å²) in [5, 5.41) is 4.38. The van der Waals surface area contributed by atoms with Gasteiger partial charge >= 0.3 is 5.92 Å². The number of alkyl halides is 2. The first-order valence-corrected chi connectivity index (χ1v) is 13.3. The summed E-state index contributed by atoms with van der Waals surface area (Å²) >= 11 is 0. The lowest BCUT2D eigenvalue weighted by atomic mass is 10.1. The molecule has 0 radical (unpaired) electrons. The molecule has 7 nitrogen and oxygen atoms in total. The Morgan fingerprint density at radius 1 is 1.17 bits per heavy atom. The molecule has 0 saturated heterocycles. The molecular formula is C26H26F2N4O3S. The van der Waals surface area contributed by atoms with Crippen LogP contribution in [0.5, 0.6) is 11.6 Å². The van der Waals surface area contributed by atoms with Crippen molar-refractivity contribution in [3.63, 3.8) is 0 Å². The van der Waals surface area contributed by atoms with Crippen LogP contribution in [0.1, 0.15) is 35.9 Å². The van der Waals surface area contributed by atoms with Gasteiger partial charge in [-0.05, 0) is 43.0 Å². The molecule has 0 aliphatic heterocycles. The number of carbonyl (C=O) groups is 1. The van der Waals surface area contributed by atoms with Crippen molar-refractivity contribution in [3.05, 3.63) is 89.7 Å². The fourth-order valence-electron chi connectivity index (χ4n) is 3.38. The molecule has 1 aromatic heterocycles. The standard InChI is InChI=1S/C26H26F2N4O3S/c1-26(27,28)25-29-17-21(24(31-25)35-20-11-7-4-8-12-20)23(33)30-22(18-13-14-18)15-16-36(2,34)32-19-9-5-3-6-10-19/h3-12,15-18,22H,13-14H2,1-2H3,(H,30,33)/b16-15+. The Balaban J connectivity index is 1.59. The Labute approximate surface area is 208 Å². The van der Waals surface area contributed by atoms with Crippen LogP contribution in [0.15, 0.2) is 82.7 Å². The predicted octanol–water partition coefficient (Wildman–Crippen LogP) is 5.83. The van der Waals surface area contributed by atoms with E-state index in [1.807, 2.05) is 18.2 Å². The van der Waals surface area contributed by atoms with Crippen LogP contribution < -0.4 is 10.1 Å². The average molecular weight is 513 g/mol. The molecular weight excluding hydrogens is 486 g/mol. The Bertz CT molecular complexity index is 1360. The van der Waals surface area contributed by atoms with Gasteiger partial charge < -0.3 is 10.1 Å². The van der Waals surface area contributed by atoms with Gasteiger partial charge in [0, 0.05) is 24.8 Å². The van der Waals surface area contributed by atoms with Crippen LogP contribution in [0.25, 0.3) is 0 Å². The Morgan fingerprint density at radius 3 is 2.42 bits per heavy atom. The second-order valence-electron chi connectivity index (χ2n) is 8.67. The zero-order chi connectivity index (χ0) is 25.8. The van der Waals surface area contributed by atoms with E-state index in [0.717, 1.165) is 19.0 Å². The van der Waals surface area contributed by atoms with E-state index in [9.17, 15) is 17.8 Å². The van der Waals surface area contributed by atoms with E-state index in [-0.39, 0.29) is 17.4 Å². The number of ether oxygens (including phenoxy) is 1. The van der Waals surface area contributed by atoms with E-state index in [0.29, 0.717) is 18.4 Å². The Kier molecular flexibility index (Phi) is 7.44. The Hall–Kier alpha value is -3.66. The van der Waals surface area contributed by atoms with Crippen molar-refractivity contribution in [2.45, 2.75) is 31.7 Å². The van der Waals surface area contributed by atoms with Crippen molar-refractivity contribution in [3.8, 4) is 11.6 Å². The predicted molar refractivity (Wildman–Crippen MR) is 134 cm³/mol. The number of nitrogens with one attached hydrogen (secondary N) is 1. The SMILES string of the molecule is CC(F)(F)c1ncc(C(=O)NC(/C=C/S(C)(=O)=Nc2ccccc2)C2CC2)c(Oc2ccccc2)n1. The highest BCUT2D eigenvalue weighted by molar-refractivity contribution is 7.95. The molecule has 10 heteroatoms. The van der Waals surface area contributed by atoms with E-state index in [2.05, 4.69) is 19.6 Å². The quantitative estimate of drug-likeness (QED) is 0.389. The monoisotopic (exact) mass is 512 g/mol. The van der Waals surface area contributed by atoms with Crippen LogP contribution in [0.2, 0.25) is 0 Å². The number of hydrogen-bond acceptors (Lipinski definition) is 6. The lowest BCUT2D eigenvalue weighted by Gasteiger charge is -2.17. The molecule has 36 heavy (non-hydrogen) atoms. The molecule has 1 N–H and O–H groups in total. The van der Waals surface area contributed by atoms with Gasteiger partial charge in [-0.3, -0.25) is 4.79 Å². The Morgan fingerprint density at radius 2 is 1.81 bits per heavy atom. The van der Waals surface area contributed by atoms with Gasteiger partial charge in [0.25, 0.3) is 5.91 Å². The van der Waals surface area contributed by atoms with Gasteiger partial charge in [0.2, 0.25) is 11.7 Å². The average Bonchev–Trinajstić information content (AvgIpc) is 3.67. The highest BCUT2D eigenvalue weighted by atomic mass is 32.2. The smallest absolute Gasteiger partial charge is 0.303 e. The number of aromatic nitrogens is 2. The summed E-state index contributed by atoms with van der Waals surface area (Å²) in [6, 6.07) is 17.0. The first-order valence-electron chi connectivity index (χ1n) is 11.4. The van der Waals surface area contributed by atoms with Crippen molar-refractivity contribution in [2.75, 3.05) is 6.26 Å². The van der Waals surface area contributed by atoms with Crippen LogP contribution >= 0.6 is 0 Å². The minimum atomic E-state index is -3.31. The number of rotatable bonds is 9. The van der Waals surface area contributed by atoms with Gasteiger partial charge in [-0.1, -0.05) is 42.5 Å². The molecule has 1 saturated carbocycles. The third kappa shape index (κ3) is 6.94. The van der Waals surface area contributed by atoms with Crippen LogP contribution in [-0.2, 0) is 15.7 Å². The van der Waals surface area contributed by atoms with E-state index >= 15 is 0 Å². The van der Waals surface area contributed by atoms with E-state index in [4.69, 9.17) is 4.74 Å². The zero-order valence-electron chi connectivity index (χ0n) is 19.8. The highest BCUT2D eigenvalue weighted by Gasteiger charge is 2.33. The number of amides is 1. The van der Waals surface area contributed by atoms with Gasteiger partial charge in [0.15, 0.2) is 0 Å². The first-order chi connectivity index (χ1) is 17.1. The van der Waals surface area contributed by atoms with Gasteiger partial charge in [-0.25, -0.2) is 9.19 Å². The number of nitrogens with zero attached hydrogens (tertiary/aromatic N) is 3. The molecule has 2 aromatic carbocycles. The van der Waals surface area contributed by atoms with Gasteiger partial charge in [0.1, 0.15) is 11.3 Å². The third-order valence-electron chi connectivity index (χ3n) is 5.36. The fraction of sp³-hybridized carbons (Fsp3) is 0.269. The summed E-state index contributed by atoms with van der Waals surface area (Å²) in [6.45, 7) is 0.672. The molecule has 1 fully saturated rings. The van der Waals surface area contributed by atoms with Crippen molar-refractivity contribution in [1.82, 2.24) is 15.3 Å². The van der Waals surface area contributed by atoms with Crippen molar-refractivity contribution in [1.29, 1.82) is 0 Å². The van der Waals surface area contributed by atoms with Crippen LogP contribution in [0.4, 0.5) is 14.5 Å². The largest absolute Gasteiger partial charge is 0.438 e. The summed E-state index contributed by atoms with van der Waals surface area (Å²) in [6.07, 6.45) is 6.01. The van der Waals surface area contributed by atoms with E-state index < -0.39 is 33.4 Å². The second kappa shape index (κ2) is 10.5. The molecule has 2 unspecified atom stereocenters. The minimum absolute atomic E-state index is 0.0860. The van der Waals surface area contributed by atoms with Crippen LogP contribution in [-0.4, -0.2) is 32.4 Å². The normalized spacial score (nSPS) is 16.2. The summed E-state index contributed by atoms with van der Waals surface area (Å²) in [5.74, 6) is -4.43. The van der Waals surface area contributed by atoms with Crippen LogP contribution in [0, 0.1) is 5.92 Å². The maximum atomic E-state index is 13.9. The number of halogens is 2. The fourth-order valence-corrected chi connectivity index (χ4v) is 4.44. The van der Waals surface area contributed by atoms with Gasteiger partial charge in [0.05, 0.1) is 21.5 Å². The molecule has 0 spiro atoms. The molecule has 4 rings (SSSR count). The number of para-hydroxylation sites is 1. The number of carbonyl (C=O) groups excluding carboxylic acids is 1. The van der Waals surface area contributed by atoms with Crippen molar-refractivity contribution in [2.24, 2.45) is 10.3 Å². The minimum Gasteiger partial charge on any atom is -0.438 e. The molecule has 188 valence electrons. The molecule has 1 aliphatic carbocycles. The molecule has 1 amide bonds. The van der Waals surface area contributed by atoms with Crippen molar-refractivity contribution < 1.29 is 22.5 Å². The number of hydrogen-bond donors (Lipinski definition) is 1. The highest BCUT2D eigenvalue weighted by Crippen LogP contribution is 2.34. The first kappa shape index (κ1) is 25.4.